The fourth-order valence-electron chi connectivity index (χ4n) is 3.54. The van der Waals surface area contributed by atoms with Crippen LogP contribution < -0.4 is 20.1 Å². The zero-order chi connectivity index (χ0) is 20.8. The lowest BCUT2D eigenvalue weighted by Gasteiger charge is -2.32. The van der Waals surface area contributed by atoms with E-state index in [0.717, 1.165) is 42.5 Å². The Bertz CT molecular complexity index is 911. The third kappa shape index (κ3) is 4.62. The number of aliphatic imine (C=N–C) groups is 1. The lowest BCUT2D eigenvalue weighted by atomic mass is 9.99. The summed E-state index contributed by atoms with van der Waals surface area (Å²) in [5.74, 6) is 2.24. The van der Waals surface area contributed by atoms with E-state index in [1.54, 1.807) is 34.4 Å². The summed E-state index contributed by atoms with van der Waals surface area (Å²) in [6, 6.07) is 11.7. The minimum Gasteiger partial charge on any atom is -0.493 e. The van der Waals surface area contributed by atoms with Gasteiger partial charge in [0.2, 0.25) is 0 Å². The first-order valence-electron chi connectivity index (χ1n) is 9.60. The molecule has 0 spiro atoms. The Morgan fingerprint density at radius 3 is 2.52 bits per heavy atom. The summed E-state index contributed by atoms with van der Waals surface area (Å²) in [7, 11) is 6.73. The molecule has 0 radical (unpaired) electrons. The van der Waals surface area contributed by atoms with Gasteiger partial charge < -0.3 is 25.0 Å². The van der Waals surface area contributed by atoms with Crippen LogP contribution >= 0.6 is 0 Å². The molecule has 0 saturated heterocycles. The molecule has 0 aliphatic carbocycles. The van der Waals surface area contributed by atoms with Gasteiger partial charge in [-0.15, -0.1) is 0 Å². The highest BCUT2D eigenvalue weighted by Gasteiger charge is 2.21. The van der Waals surface area contributed by atoms with E-state index in [1.807, 2.05) is 24.3 Å². The maximum Gasteiger partial charge on any atom is 0.251 e. The number of hydrogen-bond donors (Lipinski definition) is 2. The minimum atomic E-state index is -0.0896. The number of nitrogens with zero attached hydrogens (tertiary/aromatic N) is 2. The van der Waals surface area contributed by atoms with Gasteiger partial charge in [0.05, 0.1) is 14.2 Å². The van der Waals surface area contributed by atoms with Gasteiger partial charge in [0.25, 0.3) is 5.91 Å². The molecular formula is C22H28N4O3. The molecule has 0 unspecified atom stereocenters. The molecule has 2 aromatic carbocycles. The summed E-state index contributed by atoms with van der Waals surface area (Å²) in [4.78, 5) is 18.5. The Morgan fingerprint density at radius 1 is 1.14 bits per heavy atom. The second-order valence-corrected chi connectivity index (χ2v) is 6.83. The fraction of sp³-hybridized carbons (Fsp3) is 0.364. The SMILES string of the molecule is CN=C(NCc1cccc(C(=O)NC)c1)N1CCc2cc(OC)c(OC)cc2C1. The van der Waals surface area contributed by atoms with Crippen LogP contribution in [-0.2, 0) is 19.5 Å². The number of methoxy groups -OCH3 is 2. The molecule has 2 N–H and O–H groups in total. The Hall–Kier alpha value is -3.22. The molecule has 1 heterocycles. The van der Waals surface area contributed by atoms with Crippen molar-refractivity contribution in [2.75, 3.05) is 34.9 Å². The monoisotopic (exact) mass is 396 g/mol. The summed E-state index contributed by atoms with van der Waals surface area (Å²) in [5, 5.41) is 6.06. The quantitative estimate of drug-likeness (QED) is 0.599. The van der Waals surface area contributed by atoms with Gasteiger partial charge >= 0.3 is 0 Å². The molecule has 0 atom stereocenters. The van der Waals surface area contributed by atoms with Crippen molar-refractivity contribution >= 4 is 11.9 Å². The number of benzene rings is 2. The van der Waals surface area contributed by atoms with Gasteiger partial charge in [-0.3, -0.25) is 9.79 Å². The van der Waals surface area contributed by atoms with Gasteiger partial charge in [-0.1, -0.05) is 12.1 Å². The van der Waals surface area contributed by atoms with Crippen molar-refractivity contribution in [3.05, 3.63) is 58.7 Å². The van der Waals surface area contributed by atoms with E-state index >= 15 is 0 Å². The van der Waals surface area contributed by atoms with Crippen molar-refractivity contribution in [3.8, 4) is 11.5 Å². The second-order valence-electron chi connectivity index (χ2n) is 6.83. The van der Waals surface area contributed by atoms with Gasteiger partial charge in [-0.25, -0.2) is 0 Å². The van der Waals surface area contributed by atoms with E-state index in [4.69, 9.17) is 9.47 Å². The first kappa shape index (κ1) is 20.5. The molecule has 0 fully saturated rings. The number of ether oxygens (including phenoxy) is 2. The van der Waals surface area contributed by atoms with E-state index in [1.165, 1.54) is 11.1 Å². The van der Waals surface area contributed by atoms with E-state index in [2.05, 4.69) is 26.6 Å². The summed E-state index contributed by atoms with van der Waals surface area (Å²) in [6.45, 7) is 2.20. The smallest absolute Gasteiger partial charge is 0.251 e. The number of nitrogens with one attached hydrogen (secondary N) is 2. The van der Waals surface area contributed by atoms with E-state index < -0.39 is 0 Å². The van der Waals surface area contributed by atoms with Crippen molar-refractivity contribution in [1.29, 1.82) is 0 Å². The predicted octanol–water partition coefficient (Wildman–Crippen LogP) is 2.20. The number of rotatable bonds is 5. The van der Waals surface area contributed by atoms with Crippen LogP contribution in [0.3, 0.4) is 0 Å². The zero-order valence-electron chi connectivity index (χ0n) is 17.4. The van der Waals surface area contributed by atoms with Crippen LogP contribution in [0, 0.1) is 0 Å². The maximum atomic E-state index is 11.8. The van der Waals surface area contributed by atoms with Crippen molar-refractivity contribution in [2.24, 2.45) is 4.99 Å². The number of guanidine groups is 1. The standard InChI is InChI=1S/C22H28N4O3/c1-23-21(27)17-7-5-6-15(10-17)13-25-22(24-2)26-9-8-16-11-19(28-3)20(29-4)12-18(16)14-26/h5-7,10-12H,8-9,13-14H2,1-4H3,(H,23,27)(H,24,25). The number of amides is 1. The van der Waals surface area contributed by atoms with Crippen molar-refractivity contribution in [3.63, 3.8) is 0 Å². The average Bonchev–Trinajstić information content (AvgIpc) is 2.77. The molecule has 3 rings (SSSR count). The molecule has 154 valence electrons. The lowest BCUT2D eigenvalue weighted by Crippen LogP contribution is -2.43. The third-order valence-electron chi connectivity index (χ3n) is 5.10. The van der Waals surface area contributed by atoms with Crippen LogP contribution in [0.5, 0.6) is 11.5 Å². The molecule has 0 saturated carbocycles. The lowest BCUT2D eigenvalue weighted by molar-refractivity contribution is 0.0963. The molecule has 0 aromatic heterocycles. The van der Waals surface area contributed by atoms with Gasteiger partial charge in [-0.2, -0.15) is 0 Å². The Morgan fingerprint density at radius 2 is 1.86 bits per heavy atom. The highest BCUT2D eigenvalue weighted by molar-refractivity contribution is 5.94. The number of carbonyl (C=O) groups is 1. The molecule has 0 bridgehead atoms. The Kier molecular flexibility index (Phi) is 6.59. The molecular weight excluding hydrogens is 368 g/mol. The number of carbonyl (C=O) groups excluding carboxylic acids is 1. The Balaban J connectivity index is 1.70. The maximum absolute atomic E-state index is 11.8. The van der Waals surface area contributed by atoms with Crippen LogP contribution in [0.2, 0.25) is 0 Å². The summed E-state index contributed by atoms with van der Waals surface area (Å²) >= 11 is 0. The molecule has 29 heavy (non-hydrogen) atoms. The number of hydrogen-bond acceptors (Lipinski definition) is 4. The zero-order valence-corrected chi connectivity index (χ0v) is 17.4. The van der Waals surface area contributed by atoms with Crippen molar-refractivity contribution in [1.82, 2.24) is 15.5 Å². The van der Waals surface area contributed by atoms with Crippen molar-refractivity contribution < 1.29 is 14.3 Å². The van der Waals surface area contributed by atoms with Crippen LogP contribution in [0.1, 0.15) is 27.0 Å². The first-order chi connectivity index (χ1) is 14.1. The third-order valence-corrected chi connectivity index (χ3v) is 5.10. The fourth-order valence-corrected chi connectivity index (χ4v) is 3.54. The molecule has 2 aromatic rings. The van der Waals surface area contributed by atoms with E-state index in [0.29, 0.717) is 12.1 Å². The summed E-state index contributed by atoms with van der Waals surface area (Å²) < 4.78 is 10.9. The summed E-state index contributed by atoms with van der Waals surface area (Å²) in [6.07, 6.45) is 0.905. The van der Waals surface area contributed by atoms with Crippen molar-refractivity contribution in [2.45, 2.75) is 19.5 Å². The highest BCUT2D eigenvalue weighted by atomic mass is 16.5. The van der Waals surface area contributed by atoms with Gasteiger partial charge in [0.15, 0.2) is 17.5 Å². The molecule has 1 aliphatic heterocycles. The van der Waals surface area contributed by atoms with E-state index in [9.17, 15) is 4.79 Å². The molecule has 7 nitrogen and oxygen atoms in total. The molecule has 1 amide bonds. The van der Waals surface area contributed by atoms with Gasteiger partial charge in [-0.05, 0) is 47.4 Å². The van der Waals surface area contributed by atoms with Gasteiger partial charge in [0.1, 0.15) is 0 Å². The van der Waals surface area contributed by atoms with Crippen LogP contribution in [0.4, 0.5) is 0 Å². The Labute approximate surface area is 171 Å². The second kappa shape index (κ2) is 9.32. The largest absolute Gasteiger partial charge is 0.493 e. The molecule has 1 aliphatic rings. The first-order valence-corrected chi connectivity index (χ1v) is 9.60. The molecule has 7 heteroatoms. The topological polar surface area (TPSA) is 75.2 Å². The average molecular weight is 396 g/mol. The van der Waals surface area contributed by atoms with E-state index in [-0.39, 0.29) is 5.91 Å². The predicted molar refractivity (Wildman–Crippen MR) is 114 cm³/mol. The number of fused-ring (bicyclic) bond motifs is 1. The van der Waals surface area contributed by atoms with Gasteiger partial charge in [0, 0.05) is 39.3 Å². The van der Waals surface area contributed by atoms with Crippen LogP contribution in [0.15, 0.2) is 41.4 Å². The normalized spacial score (nSPS) is 13.5. The highest BCUT2D eigenvalue weighted by Crippen LogP contribution is 2.33. The summed E-state index contributed by atoms with van der Waals surface area (Å²) in [5.41, 5.74) is 4.15. The minimum absolute atomic E-state index is 0.0896. The van der Waals surface area contributed by atoms with Crippen LogP contribution in [0.25, 0.3) is 0 Å². The van der Waals surface area contributed by atoms with Crippen LogP contribution in [-0.4, -0.2) is 51.6 Å².